The minimum atomic E-state index is -0.682. The minimum Gasteiger partial charge on any atom is -0.392 e. The fourth-order valence-corrected chi connectivity index (χ4v) is 0.749. The van der Waals surface area contributed by atoms with Crippen molar-refractivity contribution in [1.82, 2.24) is 0 Å². The van der Waals surface area contributed by atoms with E-state index in [-0.39, 0.29) is 12.3 Å². The van der Waals surface area contributed by atoms with Gasteiger partial charge in [-0.25, -0.2) is 0 Å². The molecular formula is C9H14O2. The Bertz CT molecular complexity index is 157. The normalized spacial score (nSPS) is 18.0. The molecule has 0 bridgehead atoms. The van der Waals surface area contributed by atoms with Crippen LogP contribution in [0.1, 0.15) is 13.3 Å². The van der Waals surface area contributed by atoms with E-state index in [0.29, 0.717) is 0 Å². The first-order valence-electron chi connectivity index (χ1n) is 3.55. The van der Waals surface area contributed by atoms with Crippen molar-refractivity contribution < 1.29 is 10.2 Å². The van der Waals surface area contributed by atoms with E-state index in [1.54, 1.807) is 6.92 Å². The van der Waals surface area contributed by atoms with Crippen LogP contribution in [0.15, 0.2) is 12.7 Å². The molecule has 0 aromatic heterocycles. The lowest BCUT2D eigenvalue weighted by Crippen LogP contribution is -2.27. The van der Waals surface area contributed by atoms with Crippen molar-refractivity contribution in [3.63, 3.8) is 0 Å². The number of hydrogen-bond acceptors (Lipinski definition) is 2. The van der Waals surface area contributed by atoms with Crippen molar-refractivity contribution >= 4 is 0 Å². The highest BCUT2D eigenvalue weighted by atomic mass is 16.3. The standard InChI is InChI=1S/C9H14O2/c1-4-6-9(11)7(3)8(10)5-2/h1,5,7-11H,2,6H2,3H3/t7-,8-,9+/m0/s1. The van der Waals surface area contributed by atoms with Crippen molar-refractivity contribution in [2.45, 2.75) is 25.6 Å². The zero-order chi connectivity index (χ0) is 8.85. The van der Waals surface area contributed by atoms with E-state index < -0.39 is 12.2 Å². The van der Waals surface area contributed by atoms with E-state index in [4.69, 9.17) is 6.42 Å². The Hall–Kier alpha value is -0.780. The van der Waals surface area contributed by atoms with Gasteiger partial charge in [0, 0.05) is 12.3 Å². The number of aliphatic hydroxyl groups is 2. The van der Waals surface area contributed by atoms with Crippen LogP contribution < -0.4 is 0 Å². The van der Waals surface area contributed by atoms with E-state index in [9.17, 15) is 10.2 Å². The maximum absolute atomic E-state index is 9.27. The summed E-state index contributed by atoms with van der Waals surface area (Å²) in [6, 6.07) is 0. The van der Waals surface area contributed by atoms with Crippen LogP contribution >= 0.6 is 0 Å². The zero-order valence-corrected chi connectivity index (χ0v) is 6.70. The molecule has 0 rings (SSSR count). The van der Waals surface area contributed by atoms with Crippen molar-refractivity contribution in [3.8, 4) is 12.3 Å². The topological polar surface area (TPSA) is 40.5 Å². The molecule has 62 valence electrons. The molecule has 0 fully saturated rings. The van der Waals surface area contributed by atoms with Crippen LogP contribution in [-0.2, 0) is 0 Å². The van der Waals surface area contributed by atoms with Crippen LogP contribution in [0.5, 0.6) is 0 Å². The highest BCUT2D eigenvalue weighted by Gasteiger charge is 2.18. The molecule has 0 spiro atoms. The molecule has 0 aliphatic rings. The summed E-state index contributed by atoms with van der Waals surface area (Å²) in [6.45, 7) is 5.14. The van der Waals surface area contributed by atoms with Gasteiger partial charge in [-0.05, 0) is 0 Å². The number of rotatable bonds is 4. The van der Waals surface area contributed by atoms with Crippen molar-refractivity contribution in [3.05, 3.63) is 12.7 Å². The van der Waals surface area contributed by atoms with Gasteiger partial charge in [0.25, 0.3) is 0 Å². The summed E-state index contributed by atoms with van der Waals surface area (Å²) in [5.74, 6) is 2.09. The number of hydrogen-bond donors (Lipinski definition) is 2. The molecule has 0 radical (unpaired) electrons. The smallest absolute Gasteiger partial charge is 0.0768 e. The van der Waals surface area contributed by atoms with Gasteiger partial charge < -0.3 is 10.2 Å². The largest absolute Gasteiger partial charge is 0.392 e. The van der Waals surface area contributed by atoms with Gasteiger partial charge in [0.1, 0.15) is 0 Å². The first kappa shape index (κ1) is 10.2. The quantitative estimate of drug-likeness (QED) is 0.458. The third-order valence-electron chi connectivity index (χ3n) is 1.71. The molecule has 0 saturated carbocycles. The zero-order valence-electron chi connectivity index (χ0n) is 6.70. The van der Waals surface area contributed by atoms with E-state index in [2.05, 4.69) is 12.5 Å². The van der Waals surface area contributed by atoms with Gasteiger partial charge in [0.2, 0.25) is 0 Å². The summed E-state index contributed by atoms with van der Waals surface area (Å²) in [5, 5.41) is 18.4. The van der Waals surface area contributed by atoms with Crippen LogP contribution in [0, 0.1) is 18.3 Å². The van der Waals surface area contributed by atoms with Crippen LogP contribution in [0.2, 0.25) is 0 Å². The van der Waals surface area contributed by atoms with Crippen LogP contribution in [0.25, 0.3) is 0 Å². The molecule has 3 atom stereocenters. The third kappa shape index (κ3) is 3.22. The fourth-order valence-electron chi connectivity index (χ4n) is 0.749. The molecule has 2 N–H and O–H groups in total. The molecule has 11 heavy (non-hydrogen) atoms. The van der Waals surface area contributed by atoms with E-state index in [1.807, 2.05) is 0 Å². The van der Waals surface area contributed by atoms with Crippen LogP contribution in [-0.4, -0.2) is 22.4 Å². The molecule has 2 nitrogen and oxygen atoms in total. The molecule has 0 heterocycles. The summed E-state index contributed by atoms with van der Waals surface area (Å²) in [6.07, 6.45) is 5.33. The lowest BCUT2D eigenvalue weighted by Gasteiger charge is -2.19. The monoisotopic (exact) mass is 154 g/mol. The molecule has 0 aromatic carbocycles. The summed E-state index contributed by atoms with van der Waals surface area (Å²) < 4.78 is 0. The third-order valence-corrected chi connectivity index (χ3v) is 1.71. The van der Waals surface area contributed by atoms with Crippen molar-refractivity contribution in [2.24, 2.45) is 5.92 Å². The van der Waals surface area contributed by atoms with Gasteiger partial charge in [0.15, 0.2) is 0 Å². The maximum atomic E-state index is 9.27. The number of aliphatic hydroxyl groups excluding tert-OH is 2. The first-order valence-corrected chi connectivity index (χ1v) is 3.55. The first-order chi connectivity index (χ1) is 5.13. The van der Waals surface area contributed by atoms with Crippen LogP contribution in [0.4, 0.5) is 0 Å². The van der Waals surface area contributed by atoms with Gasteiger partial charge >= 0.3 is 0 Å². The molecular weight excluding hydrogens is 140 g/mol. The highest BCUT2D eigenvalue weighted by molar-refractivity contribution is 4.92. The second kappa shape index (κ2) is 4.95. The van der Waals surface area contributed by atoms with E-state index in [0.717, 1.165) is 0 Å². The fraction of sp³-hybridized carbons (Fsp3) is 0.556. The van der Waals surface area contributed by atoms with E-state index >= 15 is 0 Å². The average molecular weight is 154 g/mol. The second-order valence-electron chi connectivity index (χ2n) is 2.56. The van der Waals surface area contributed by atoms with Crippen LogP contribution in [0.3, 0.4) is 0 Å². The SMILES string of the molecule is C#CC[C@@H](O)[C@@H](C)[C@@H](O)C=C. The Labute approximate surface area is 67.6 Å². The average Bonchev–Trinajstić information content (AvgIpc) is 2.02. The molecule has 0 saturated heterocycles. The lowest BCUT2D eigenvalue weighted by molar-refractivity contribution is 0.0485. The van der Waals surface area contributed by atoms with Gasteiger partial charge in [-0.15, -0.1) is 18.9 Å². The predicted molar refractivity (Wildman–Crippen MR) is 44.8 cm³/mol. The summed E-state index contributed by atoms with van der Waals surface area (Å²) in [5.41, 5.74) is 0. The molecule has 0 aromatic rings. The summed E-state index contributed by atoms with van der Waals surface area (Å²) >= 11 is 0. The molecule has 0 unspecified atom stereocenters. The van der Waals surface area contributed by atoms with Gasteiger partial charge in [-0.1, -0.05) is 13.0 Å². The Morgan fingerprint density at radius 1 is 1.64 bits per heavy atom. The van der Waals surface area contributed by atoms with Gasteiger partial charge in [0.05, 0.1) is 12.2 Å². The predicted octanol–water partition coefficient (Wildman–Crippen LogP) is 0.554. The Morgan fingerprint density at radius 3 is 2.55 bits per heavy atom. The van der Waals surface area contributed by atoms with Gasteiger partial charge in [-0.3, -0.25) is 0 Å². The molecule has 2 heteroatoms. The minimum absolute atomic E-state index is 0.247. The summed E-state index contributed by atoms with van der Waals surface area (Å²) in [4.78, 5) is 0. The van der Waals surface area contributed by atoms with E-state index in [1.165, 1.54) is 6.08 Å². The molecule has 0 aliphatic heterocycles. The molecule has 0 aliphatic carbocycles. The second-order valence-corrected chi connectivity index (χ2v) is 2.56. The highest BCUT2D eigenvalue weighted by Crippen LogP contribution is 2.11. The lowest BCUT2D eigenvalue weighted by atomic mass is 9.96. The maximum Gasteiger partial charge on any atom is 0.0768 e. The Morgan fingerprint density at radius 2 is 2.18 bits per heavy atom. The van der Waals surface area contributed by atoms with Crippen molar-refractivity contribution in [2.75, 3.05) is 0 Å². The van der Waals surface area contributed by atoms with Gasteiger partial charge in [-0.2, -0.15) is 0 Å². The Balaban J connectivity index is 3.91. The Kier molecular flexibility index (Phi) is 4.60. The molecule has 0 amide bonds. The van der Waals surface area contributed by atoms with Crippen molar-refractivity contribution in [1.29, 1.82) is 0 Å². The summed E-state index contributed by atoms with van der Waals surface area (Å²) in [7, 11) is 0. The number of terminal acetylenes is 1.